The minimum absolute atomic E-state index is 0.116. The van der Waals surface area contributed by atoms with Crippen molar-refractivity contribution in [2.45, 2.75) is 38.1 Å². The average molecular weight is 243 g/mol. The highest BCUT2D eigenvalue weighted by Crippen LogP contribution is 2.21. The van der Waals surface area contributed by atoms with Crippen LogP contribution in [0.3, 0.4) is 0 Å². The topological polar surface area (TPSA) is 20.3 Å². The average Bonchev–Trinajstić information content (AvgIpc) is 2.46. The number of likely N-dealkylation sites (N-methyl/N-ethyl adjacent to an activating group) is 1. The van der Waals surface area contributed by atoms with Gasteiger partial charge in [-0.05, 0) is 24.5 Å². The highest BCUT2D eigenvalue weighted by Gasteiger charge is 2.20. The second-order valence-corrected chi connectivity index (χ2v) is 4.98. The molecule has 0 N–H and O–H groups in total. The summed E-state index contributed by atoms with van der Waals surface area (Å²) in [5, 5.41) is 0. The Kier molecular flexibility index (Phi) is 4.57. The van der Waals surface area contributed by atoms with E-state index in [4.69, 9.17) is 0 Å². The van der Waals surface area contributed by atoms with Gasteiger partial charge in [0.1, 0.15) is 0 Å². The zero-order valence-electron chi connectivity index (χ0n) is 11.0. The number of hydrogen-bond acceptors (Lipinski definition) is 1. The van der Waals surface area contributed by atoms with Crippen molar-refractivity contribution in [3.63, 3.8) is 0 Å². The Labute approximate surface area is 109 Å². The minimum Gasteiger partial charge on any atom is -0.339 e. The smallest absolute Gasteiger partial charge is 0.246 e. The molecule has 0 atom stereocenters. The molecule has 1 amide bonds. The van der Waals surface area contributed by atoms with E-state index < -0.39 is 0 Å². The van der Waals surface area contributed by atoms with Crippen LogP contribution >= 0.6 is 0 Å². The summed E-state index contributed by atoms with van der Waals surface area (Å²) in [6.07, 6.45) is 9.71. The van der Waals surface area contributed by atoms with Gasteiger partial charge in [-0.25, -0.2) is 0 Å². The molecule has 0 bridgehead atoms. The summed E-state index contributed by atoms with van der Waals surface area (Å²) >= 11 is 0. The van der Waals surface area contributed by atoms with Crippen LogP contribution in [0.15, 0.2) is 36.4 Å². The van der Waals surface area contributed by atoms with Gasteiger partial charge in [-0.15, -0.1) is 0 Å². The lowest BCUT2D eigenvalue weighted by atomic mass is 9.94. The number of benzene rings is 1. The van der Waals surface area contributed by atoms with E-state index in [2.05, 4.69) is 0 Å². The van der Waals surface area contributed by atoms with E-state index in [1.165, 1.54) is 19.3 Å². The maximum Gasteiger partial charge on any atom is 0.246 e. The highest BCUT2D eigenvalue weighted by molar-refractivity contribution is 5.91. The van der Waals surface area contributed by atoms with Crippen molar-refractivity contribution in [3.8, 4) is 0 Å². The normalized spacial score (nSPS) is 16.9. The lowest BCUT2D eigenvalue weighted by Crippen LogP contribution is -2.37. The first kappa shape index (κ1) is 12.9. The summed E-state index contributed by atoms with van der Waals surface area (Å²) < 4.78 is 0. The van der Waals surface area contributed by atoms with Gasteiger partial charge in [0.15, 0.2) is 0 Å². The third kappa shape index (κ3) is 3.46. The molecule has 0 aromatic heterocycles. The number of carbonyl (C=O) groups is 1. The molecule has 0 aliphatic heterocycles. The van der Waals surface area contributed by atoms with Crippen molar-refractivity contribution >= 4 is 12.0 Å². The van der Waals surface area contributed by atoms with E-state index in [0.717, 1.165) is 18.4 Å². The minimum atomic E-state index is 0.116. The lowest BCUT2D eigenvalue weighted by molar-refractivity contribution is -0.127. The second-order valence-electron chi connectivity index (χ2n) is 4.98. The van der Waals surface area contributed by atoms with E-state index in [1.54, 1.807) is 6.08 Å². The fraction of sp³-hybridized carbons (Fsp3) is 0.438. The summed E-state index contributed by atoms with van der Waals surface area (Å²) in [4.78, 5) is 14.0. The lowest BCUT2D eigenvalue weighted by Gasteiger charge is -2.30. The third-order valence-corrected chi connectivity index (χ3v) is 3.69. The highest BCUT2D eigenvalue weighted by atomic mass is 16.2. The maximum atomic E-state index is 12.1. The molecule has 0 heterocycles. The Morgan fingerprint density at radius 2 is 1.83 bits per heavy atom. The van der Waals surface area contributed by atoms with E-state index >= 15 is 0 Å². The Morgan fingerprint density at radius 1 is 1.17 bits per heavy atom. The predicted octanol–water partition coefficient (Wildman–Crippen LogP) is 3.49. The molecule has 2 nitrogen and oxygen atoms in total. The Hall–Kier alpha value is -1.57. The Morgan fingerprint density at radius 3 is 2.50 bits per heavy atom. The molecule has 2 heteroatoms. The molecule has 0 spiro atoms. The fourth-order valence-corrected chi connectivity index (χ4v) is 2.50. The molecule has 0 radical (unpaired) electrons. The van der Waals surface area contributed by atoms with Crippen LogP contribution in [0, 0.1) is 0 Å². The second kappa shape index (κ2) is 6.39. The molecular weight excluding hydrogens is 222 g/mol. The summed E-state index contributed by atoms with van der Waals surface area (Å²) in [5.74, 6) is 0.116. The standard InChI is InChI=1S/C16H21NO/c1-17(15-10-6-3-7-11-15)16(18)13-12-14-8-4-2-5-9-14/h2,4-5,8-9,12-13,15H,3,6-7,10-11H2,1H3/b13-12-. The van der Waals surface area contributed by atoms with Crippen molar-refractivity contribution in [1.29, 1.82) is 0 Å². The van der Waals surface area contributed by atoms with Gasteiger partial charge >= 0.3 is 0 Å². The molecule has 2 rings (SSSR count). The molecule has 1 fully saturated rings. The van der Waals surface area contributed by atoms with Crippen molar-refractivity contribution in [1.82, 2.24) is 4.90 Å². The molecule has 0 unspecified atom stereocenters. The largest absolute Gasteiger partial charge is 0.339 e. The first-order chi connectivity index (χ1) is 8.77. The van der Waals surface area contributed by atoms with Gasteiger partial charge in [-0.2, -0.15) is 0 Å². The van der Waals surface area contributed by atoms with Crippen LogP contribution in [0.4, 0.5) is 0 Å². The van der Waals surface area contributed by atoms with Crippen LogP contribution in [-0.4, -0.2) is 23.9 Å². The maximum absolute atomic E-state index is 12.1. The van der Waals surface area contributed by atoms with Crippen molar-refractivity contribution in [2.24, 2.45) is 0 Å². The number of amides is 1. The molecule has 1 aliphatic rings. The van der Waals surface area contributed by atoms with Crippen LogP contribution in [0.5, 0.6) is 0 Å². The van der Waals surface area contributed by atoms with Crippen molar-refractivity contribution in [2.75, 3.05) is 7.05 Å². The molecule has 1 aromatic carbocycles. The predicted molar refractivity (Wildman–Crippen MR) is 75.1 cm³/mol. The van der Waals surface area contributed by atoms with Gasteiger partial charge < -0.3 is 4.90 Å². The quantitative estimate of drug-likeness (QED) is 0.744. The van der Waals surface area contributed by atoms with E-state index in [0.29, 0.717) is 6.04 Å². The van der Waals surface area contributed by atoms with E-state index in [1.807, 2.05) is 48.4 Å². The molecule has 1 saturated carbocycles. The van der Waals surface area contributed by atoms with Crippen LogP contribution < -0.4 is 0 Å². The van der Waals surface area contributed by atoms with Gasteiger partial charge in [0.25, 0.3) is 0 Å². The van der Waals surface area contributed by atoms with Crippen molar-refractivity contribution in [3.05, 3.63) is 42.0 Å². The molecule has 1 aliphatic carbocycles. The number of rotatable bonds is 3. The zero-order valence-corrected chi connectivity index (χ0v) is 11.0. The molecule has 1 aromatic rings. The first-order valence-electron chi connectivity index (χ1n) is 6.77. The van der Waals surface area contributed by atoms with Gasteiger partial charge in [-0.3, -0.25) is 4.79 Å². The first-order valence-corrected chi connectivity index (χ1v) is 6.77. The summed E-state index contributed by atoms with van der Waals surface area (Å²) in [6, 6.07) is 10.4. The molecule has 18 heavy (non-hydrogen) atoms. The van der Waals surface area contributed by atoms with Gasteiger partial charge in [0, 0.05) is 19.2 Å². The Balaban J connectivity index is 1.92. The third-order valence-electron chi connectivity index (χ3n) is 3.69. The van der Waals surface area contributed by atoms with Crippen LogP contribution in [-0.2, 0) is 4.79 Å². The monoisotopic (exact) mass is 243 g/mol. The van der Waals surface area contributed by atoms with Gasteiger partial charge in [0.2, 0.25) is 5.91 Å². The van der Waals surface area contributed by atoms with Crippen LogP contribution in [0.2, 0.25) is 0 Å². The summed E-state index contributed by atoms with van der Waals surface area (Å²) in [7, 11) is 1.92. The summed E-state index contributed by atoms with van der Waals surface area (Å²) in [6.45, 7) is 0. The molecule has 0 saturated heterocycles. The van der Waals surface area contributed by atoms with E-state index in [-0.39, 0.29) is 5.91 Å². The fourth-order valence-electron chi connectivity index (χ4n) is 2.50. The van der Waals surface area contributed by atoms with Crippen molar-refractivity contribution < 1.29 is 4.79 Å². The Bertz CT molecular complexity index is 404. The van der Waals surface area contributed by atoms with Crippen LogP contribution in [0.1, 0.15) is 37.7 Å². The van der Waals surface area contributed by atoms with Crippen LogP contribution in [0.25, 0.3) is 6.08 Å². The number of carbonyl (C=O) groups excluding carboxylic acids is 1. The number of hydrogen-bond donors (Lipinski definition) is 0. The van der Waals surface area contributed by atoms with Gasteiger partial charge in [-0.1, -0.05) is 49.6 Å². The van der Waals surface area contributed by atoms with E-state index in [9.17, 15) is 4.79 Å². The zero-order chi connectivity index (χ0) is 12.8. The SMILES string of the molecule is CN(C(=O)/C=C\c1ccccc1)C1CCCCC1. The number of nitrogens with zero attached hydrogens (tertiary/aromatic N) is 1. The molecule has 96 valence electrons. The molecular formula is C16H21NO. The summed E-state index contributed by atoms with van der Waals surface area (Å²) in [5.41, 5.74) is 1.07. The van der Waals surface area contributed by atoms with Gasteiger partial charge in [0.05, 0.1) is 0 Å².